The van der Waals surface area contributed by atoms with Crippen molar-refractivity contribution in [3.63, 3.8) is 0 Å². The summed E-state index contributed by atoms with van der Waals surface area (Å²) in [4.78, 5) is 14.9. The van der Waals surface area contributed by atoms with Gasteiger partial charge < -0.3 is 4.90 Å². The normalized spacial score (nSPS) is 14.8. The van der Waals surface area contributed by atoms with Gasteiger partial charge in [0, 0.05) is 18.7 Å². The second kappa shape index (κ2) is 8.35. The standard InChI is InChI=1S/C22H28N2O3S/c1-4-18-10-8-9-17(3)21(18)23-28(26,27)19-12-11-16(2)20(15-19)22(25)24-13-6-5-7-14-24/h8-12,15,23H,4-7,13-14H2,1-3H3. The summed E-state index contributed by atoms with van der Waals surface area (Å²) in [6.07, 6.45) is 3.86. The summed E-state index contributed by atoms with van der Waals surface area (Å²) < 4.78 is 28.8. The molecule has 0 saturated carbocycles. The maximum Gasteiger partial charge on any atom is 0.261 e. The highest BCUT2D eigenvalue weighted by molar-refractivity contribution is 7.92. The van der Waals surface area contributed by atoms with Gasteiger partial charge in [-0.15, -0.1) is 0 Å². The third-order valence-electron chi connectivity index (χ3n) is 5.37. The van der Waals surface area contributed by atoms with Gasteiger partial charge in [0.15, 0.2) is 0 Å². The first-order chi connectivity index (χ1) is 13.3. The largest absolute Gasteiger partial charge is 0.339 e. The van der Waals surface area contributed by atoms with Gasteiger partial charge in [0.1, 0.15) is 0 Å². The van der Waals surface area contributed by atoms with E-state index in [1.165, 1.54) is 6.07 Å². The first-order valence-electron chi connectivity index (χ1n) is 9.84. The smallest absolute Gasteiger partial charge is 0.261 e. The molecule has 1 aliphatic heterocycles. The molecule has 1 aliphatic rings. The molecule has 0 atom stereocenters. The summed E-state index contributed by atoms with van der Waals surface area (Å²) >= 11 is 0. The van der Waals surface area contributed by atoms with E-state index in [2.05, 4.69) is 4.72 Å². The van der Waals surface area contributed by atoms with E-state index in [9.17, 15) is 13.2 Å². The van der Waals surface area contributed by atoms with Gasteiger partial charge in [-0.2, -0.15) is 0 Å². The highest BCUT2D eigenvalue weighted by Gasteiger charge is 2.23. The Hall–Kier alpha value is -2.34. The van der Waals surface area contributed by atoms with Gasteiger partial charge in [-0.3, -0.25) is 9.52 Å². The Labute approximate surface area is 167 Å². The molecule has 1 heterocycles. The van der Waals surface area contributed by atoms with Crippen LogP contribution in [0, 0.1) is 13.8 Å². The van der Waals surface area contributed by atoms with E-state index in [1.807, 2.05) is 43.9 Å². The Balaban J connectivity index is 1.94. The van der Waals surface area contributed by atoms with E-state index in [0.717, 1.165) is 55.5 Å². The van der Waals surface area contributed by atoms with Crippen LogP contribution in [0.5, 0.6) is 0 Å². The molecule has 0 aromatic heterocycles. The first-order valence-corrected chi connectivity index (χ1v) is 11.3. The molecule has 1 N–H and O–H groups in total. The van der Waals surface area contributed by atoms with Crippen LogP contribution in [0.4, 0.5) is 5.69 Å². The minimum atomic E-state index is -3.79. The quantitative estimate of drug-likeness (QED) is 0.814. The SMILES string of the molecule is CCc1cccc(C)c1NS(=O)(=O)c1ccc(C)c(C(=O)N2CCCCC2)c1. The molecule has 1 fully saturated rings. The highest BCUT2D eigenvalue weighted by Crippen LogP contribution is 2.26. The number of para-hydroxylation sites is 1. The third kappa shape index (κ3) is 4.22. The van der Waals surface area contributed by atoms with Crippen molar-refractivity contribution in [1.82, 2.24) is 4.90 Å². The molecule has 0 spiro atoms. The zero-order chi connectivity index (χ0) is 20.3. The number of rotatable bonds is 5. The summed E-state index contributed by atoms with van der Waals surface area (Å²) in [5.74, 6) is -0.0839. The molecular formula is C22H28N2O3S. The minimum Gasteiger partial charge on any atom is -0.339 e. The van der Waals surface area contributed by atoms with Gasteiger partial charge in [-0.1, -0.05) is 31.2 Å². The van der Waals surface area contributed by atoms with Crippen LogP contribution in [0.1, 0.15) is 53.2 Å². The average Bonchev–Trinajstić information content (AvgIpc) is 2.69. The molecule has 150 valence electrons. The lowest BCUT2D eigenvalue weighted by molar-refractivity contribution is 0.0723. The molecule has 0 radical (unpaired) electrons. The lowest BCUT2D eigenvalue weighted by Gasteiger charge is -2.27. The summed E-state index contributed by atoms with van der Waals surface area (Å²) in [7, 11) is -3.79. The Kier molecular flexibility index (Phi) is 6.08. The fraction of sp³-hybridized carbons (Fsp3) is 0.409. The van der Waals surface area contributed by atoms with E-state index in [1.54, 1.807) is 12.1 Å². The molecule has 0 unspecified atom stereocenters. The number of hydrogen-bond donors (Lipinski definition) is 1. The lowest BCUT2D eigenvalue weighted by atomic mass is 10.1. The number of likely N-dealkylation sites (tertiary alicyclic amines) is 1. The number of amides is 1. The molecule has 28 heavy (non-hydrogen) atoms. The maximum absolute atomic E-state index is 13.0. The molecule has 5 nitrogen and oxygen atoms in total. The van der Waals surface area contributed by atoms with Gasteiger partial charge in [-0.25, -0.2) is 8.42 Å². The predicted molar refractivity (Wildman–Crippen MR) is 112 cm³/mol. The zero-order valence-electron chi connectivity index (χ0n) is 16.8. The molecule has 1 saturated heterocycles. The van der Waals surface area contributed by atoms with Gasteiger partial charge in [0.2, 0.25) is 0 Å². The number of anilines is 1. The van der Waals surface area contributed by atoms with Crippen LogP contribution in [0.15, 0.2) is 41.3 Å². The predicted octanol–water partition coefficient (Wildman–Crippen LogP) is 4.29. The summed E-state index contributed by atoms with van der Waals surface area (Å²) in [5.41, 5.74) is 3.69. The molecular weight excluding hydrogens is 372 g/mol. The number of nitrogens with zero attached hydrogens (tertiary/aromatic N) is 1. The Morgan fingerprint density at radius 2 is 1.75 bits per heavy atom. The Morgan fingerprint density at radius 1 is 1.04 bits per heavy atom. The fourth-order valence-corrected chi connectivity index (χ4v) is 4.83. The van der Waals surface area contributed by atoms with Gasteiger partial charge in [0.25, 0.3) is 15.9 Å². The third-order valence-corrected chi connectivity index (χ3v) is 6.72. The van der Waals surface area contributed by atoms with Crippen LogP contribution in [0.25, 0.3) is 0 Å². The molecule has 2 aromatic rings. The van der Waals surface area contributed by atoms with Crippen molar-refractivity contribution in [2.24, 2.45) is 0 Å². The van der Waals surface area contributed by atoms with E-state index in [4.69, 9.17) is 0 Å². The molecule has 3 rings (SSSR count). The number of carbonyl (C=O) groups excluding carboxylic acids is 1. The minimum absolute atomic E-state index is 0.0839. The first kappa shape index (κ1) is 20.4. The number of hydrogen-bond acceptors (Lipinski definition) is 3. The van der Waals surface area contributed by atoms with Crippen LogP contribution >= 0.6 is 0 Å². The molecule has 0 bridgehead atoms. The Morgan fingerprint density at radius 3 is 2.43 bits per heavy atom. The van der Waals surface area contributed by atoms with Crippen LogP contribution < -0.4 is 4.72 Å². The van der Waals surface area contributed by atoms with E-state index < -0.39 is 10.0 Å². The van der Waals surface area contributed by atoms with Crippen LogP contribution in [0.3, 0.4) is 0 Å². The molecule has 0 aliphatic carbocycles. The second-order valence-electron chi connectivity index (χ2n) is 7.40. The van der Waals surface area contributed by atoms with Gasteiger partial charge in [0.05, 0.1) is 10.6 Å². The van der Waals surface area contributed by atoms with Crippen molar-refractivity contribution in [3.05, 3.63) is 58.7 Å². The lowest BCUT2D eigenvalue weighted by Crippen LogP contribution is -2.36. The molecule has 1 amide bonds. The van der Waals surface area contributed by atoms with Crippen molar-refractivity contribution >= 4 is 21.6 Å². The van der Waals surface area contributed by atoms with Crippen LogP contribution in [-0.4, -0.2) is 32.3 Å². The van der Waals surface area contributed by atoms with E-state index in [0.29, 0.717) is 11.3 Å². The summed E-state index contributed by atoms with van der Waals surface area (Å²) in [6.45, 7) is 7.19. The van der Waals surface area contributed by atoms with Gasteiger partial charge in [-0.05, 0) is 68.4 Å². The van der Waals surface area contributed by atoms with Crippen molar-refractivity contribution < 1.29 is 13.2 Å². The zero-order valence-corrected chi connectivity index (χ0v) is 17.6. The second-order valence-corrected chi connectivity index (χ2v) is 9.08. The average molecular weight is 401 g/mol. The van der Waals surface area contributed by atoms with E-state index in [-0.39, 0.29) is 10.8 Å². The van der Waals surface area contributed by atoms with Crippen molar-refractivity contribution in [3.8, 4) is 0 Å². The number of carbonyl (C=O) groups is 1. The summed E-state index contributed by atoms with van der Waals surface area (Å²) in [6, 6.07) is 10.5. The number of nitrogens with one attached hydrogen (secondary N) is 1. The van der Waals surface area contributed by atoms with Gasteiger partial charge >= 0.3 is 0 Å². The van der Waals surface area contributed by atoms with E-state index >= 15 is 0 Å². The number of sulfonamides is 1. The monoisotopic (exact) mass is 400 g/mol. The molecule has 6 heteroatoms. The topological polar surface area (TPSA) is 66.5 Å². The summed E-state index contributed by atoms with van der Waals surface area (Å²) in [5, 5.41) is 0. The highest BCUT2D eigenvalue weighted by atomic mass is 32.2. The fourth-order valence-electron chi connectivity index (χ4n) is 3.63. The number of piperidine rings is 1. The van der Waals surface area contributed by atoms with Crippen molar-refractivity contribution in [1.29, 1.82) is 0 Å². The Bertz CT molecular complexity index is 977. The van der Waals surface area contributed by atoms with Crippen molar-refractivity contribution in [2.45, 2.75) is 51.3 Å². The number of aryl methyl sites for hydroxylation is 3. The van der Waals surface area contributed by atoms with Crippen molar-refractivity contribution in [2.75, 3.05) is 17.8 Å². The number of benzene rings is 2. The molecule has 2 aromatic carbocycles. The van der Waals surface area contributed by atoms with Crippen LogP contribution in [-0.2, 0) is 16.4 Å². The van der Waals surface area contributed by atoms with Crippen LogP contribution in [0.2, 0.25) is 0 Å². The maximum atomic E-state index is 13.0.